The van der Waals surface area contributed by atoms with E-state index in [0.717, 1.165) is 0 Å². The van der Waals surface area contributed by atoms with Crippen molar-refractivity contribution in [3.05, 3.63) is 110 Å². The third-order valence-corrected chi connectivity index (χ3v) is 6.13. The molecule has 3 aromatic carbocycles. The van der Waals surface area contributed by atoms with Crippen molar-refractivity contribution < 1.29 is 19.1 Å². The maximum atomic E-state index is 13.6. The minimum Gasteiger partial charge on any atom is -0.497 e. The van der Waals surface area contributed by atoms with Crippen molar-refractivity contribution in [3.8, 4) is 5.75 Å². The number of methoxy groups -OCH3 is 1. The SMILES string of the molecule is COc1cccc([C@H]2c3c(oc4ccc(Cl)cc4c3=O)C(=O)N2C[C@@H](O)c2ccccc2)c1. The van der Waals surface area contributed by atoms with Crippen LogP contribution >= 0.6 is 11.6 Å². The number of rotatable bonds is 5. The molecule has 1 amide bonds. The second-order valence-corrected chi connectivity index (χ2v) is 8.31. The maximum Gasteiger partial charge on any atom is 0.291 e. The highest BCUT2D eigenvalue weighted by Crippen LogP contribution is 2.40. The molecular weight excluding hydrogens is 442 g/mol. The molecule has 6 nitrogen and oxygen atoms in total. The predicted octanol–water partition coefficient (Wildman–Crippen LogP) is 4.73. The Morgan fingerprint density at radius 3 is 2.61 bits per heavy atom. The number of hydrogen-bond acceptors (Lipinski definition) is 5. The van der Waals surface area contributed by atoms with E-state index in [1.807, 2.05) is 24.3 Å². The lowest BCUT2D eigenvalue weighted by Gasteiger charge is -2.27. The van der Waals surface area contributed by atoms with Gasteiger partial charge in [-0.3, -0.25) is 9.59 Å². The zero-order valence-corrected chi connectivity index (χ0v) is 18.5. The average Bonchev–Trinajstić information content (AvgIpc) is 3.12. The van der Waals surface area contributed by atoms with Gasteiger partial charge in [-0.2, -0.15) is 0 Å². The fourth-order valence-corrected chi connectivity index (χ4v) is 4.48. The fourth-order valence-electron chi connectivity index (χ4n) is 4.31. The molecule has 0 unspecified atom stereocenters. The zero-order valence-electron chi connectivity index (χ0n) is 17.7. The first-order valence-electron chi connectivity index (χ1n) is 10.4. The van der Waals surface area contributed by atoms with Crippen LogP contribution in [0.1, 0.15) is 39.4 Å². The second kappa shape index (κ2) is 8.39. The number of nitrogens with zero attached hydrogens (tertiary/aromatic N) is 1. The Morgan fingerprint density at radius 2 is 1.85 bits per heavy atom. The molecule has 0 aliphatic carbocycles. The third kappa shape index (κ3) is 3.67. The molecule has 0 fully saturated rings. The van der Waals surface area contributed by atoms with E-state index in [2.05, 4.69) is 0 Å². The summed E-state index contributed by atoms with van der Waals surface area (Å²) >= 11 is 6.12. The van der Waals surface area contributed by atoms with E-state index in [9.17, 15) is 14.7 Å². The minimum atomic E-state index is -0.948. The number of carbonyl (C=O) groups excluding carboxylic acids is 1. The molecule has 7 heteroatoms. The molecule has 1 aliphatic rings. The second-order valence-electron chi connectivity index (χ2n) is 7.88. The van der Waals surface area contributed by atoms with Crippen molar-refractivity contribution >= 4 is 28.5 Å². The summed E-state index contributed by atoms with van der Waals surface area (Å²) in [6.07, 6.45) is -0.948. The molecule has 166 valence electrons. The Morgan fingerprint density at radius 1 is 1.06 bits per heavy atom. The Kier molecular flexibility index (Phi) is 5.40. The Bertz CT molecular complexity index is 1420. The van der Waals surface area contributed by atoms with E-state index < -0.39 is 18.1 Å². The minimum absolute atomic E-state index is 0.0224. The Hall–Kier alpha value is -3.61. The molecule has 2 heterocycles. The van der Waals surface area contributed by atoms with E-state index in [1.165, 1.54) is 11.0 Å². The maximum absolute atomic E-state index is 13.6. The number of benzene rings is 3. The first-order valence-corrected chi connectivity index (χ1v) is 10.8. The quantitative estimate of drug-likeness (QED) is 0.464. The molecule has 0 spiro atoms. The number of fused-ring (bicyclic) bond motifs is 2. The zero-order chi connectivity index (χ0) is 23.1. The summed E-state index contributed by atoms with van der Waals surface area (Å²) in [5.41, 5.74) is 1.53. The lowest BCUT2D eigenvalue weighted by atomic mass is 9.98. The molecule has 0 saturated heterocycles. The van der Waals surface area contributed by atoms with Crippen LogP contribution in [0.25, 0.3) is 11.0 Å². The number of aliphatic hydroxyl groups excluding tert-OH is 1. The number of β-amino-alcohol motifs (C(OH)–C–C–N with tert-alkyl or cyclic N) is 1. The van der Waals surface area contributed by atoms with Crippen molar-refractivity contribution in [3.63, 3.8) is 0 Å². The van der Waals surface area contributed by atoms with Gasteiger partial charge >= 0.3 is 0 Å². The largest absolute Gasteiger partial charge is 0.497 e. The molecule has 1 N–H and O–H groups in total. The third-order valence-electron chi connectivity index (χ3n) is 5.89. The summed E-state index contributed by atoms with van der Waals surface area (Å²) in [7, 11) is 1.55. The standard InChI is InChI=1S/C26H20ClNO5/c1-32-18-9-5-8-16(12-18)23-22-24(30)19-13-17(27)10-11-21(19)33-25(22)26(31)28(23)14-20(29)15-6-3-2-4-7-15/h2-13,20,23,29H,14H2,1H3/t20-,23+/m1/s1. The van der Waals surface area contributed by atoms with Gasteiger partial charge in [-0.25, -0.2) is 0 Å². The van der Waals surface area contributed by atoms with Crippen LogP contribution in [0.2, 0.25) is 5.02 Å². The number of hydrogen-bond donors (Lipinski definition) is 1. The molecule has 0 bridgehead atoms. The van der Waals surface area contributed by atoms with Crippen LogP contribution < -0.4 is 10.2 Å². The van der Waals surface area contributed by atoms with Gasteiger partial charge in [0.15, 0.2) is 5.43 Å². The van der Waals surface area contributed by atoms with Gasteiger partial charge in [-0.1, -0.05) is 54.1 Å². The van der Waals surface area contributed by atoms with Gasteiger partial charge in [-0.05, 0) is 41.5 Å². The normalized spacial score (nSPS) is 16.2. The highest BCUT2D eigenvalue weighted by Gasteiger charge is 2.43. The average molecular weight is 462 g/mol. The van der Waals surface area contributed by atoms with Crippen LogP contribution in [0.15, 0.2) is 82.0 Å². The van der Waals surface area contributed by atoms with Crippen molar-refractivity contribution in [2.45, 2.75) is 12.1 Å². The van der Waals surface area contributed by atoms with Gasteiger partial charge in [0.1, 0.15) is 11.3 Å². The highest BCUT2D eigenvalue weighted by atomic mass is 35.5. The molecular formula is C26H20ClNO5. The summed E-state index contributed by atoms with van der Waals surface area (Å²) in [4.78, 5) is 28.5. The van der Waals surface area contributed by atoms with Crippen molar-refractivity contribution in [2.24, 2.45) is 0 Å². The fraction of sp³-hybridized carbons (Fsp3) is 0.154. The Labute approximate surface area is 194 Å². The number of ether oxygens (including phenoxy) is 1. The summed E-state index contributed by atoms with van der Waals surface area (Å²) in [6, 6.07) is 20.2. The monoisotopic (exact) mass is 461 g/mol. The number of amides is 1. The van der Waals surface area contributed by atoms with E-state index in [4.69, 9.17) is 20.8 Å². The molecule has 33 heavy (non-hydrogen) atoms. The van der Waals surface area contributed by atoms with E-state index in [-0.39, 0.29) is 28.9 Å². The summed E-state index contributed by atoms with van der Waals surface area (Å²) in [5.74, 6) is 0.106. The molecule has 4 aromatic rings. The summed E-state index contributed by atoms with van der Waals surface area (Å²) in [6.45, 7) is -0.0224. The van der Waals surface area contributed by atoms with Gasteiger partial charge in [0.2, 0.25) is 5.76 Å². The molecule has 0 radical (unpaired) electrons. The molecule has 1 aliphatic heterocycles. The lowest BCUT2D eigenvalue weighted by Crippen LogP contribution is -2.33. The van der Waals surface area contributed by atoms with E-state index in [1.54, 1.807) is 49.6 Å². The van der Waals surface area contributed by atoms with Gasteiger partial charge in [0.05, 0.1) is 36.8 Å². The van der Waals surface area contributed by atoms with Gasteiger partial charge < -0.3 is 19.2 Å². The van der Waals surface area contributed by atoms with E-state index in [0.29, 0.717) is 27.3 Å². The molecule has 1 aromatic heterocycles. The molecule has 0 saturated carbocycles. The topological polar surface area (TPSA) is 80.0 Å². The molecule has 2 atom stereocenters. The van der Waals surface area contributed by atoms with Crippen LogP contribution in [-0.4, -0.2) is 29.6 Å². The van der Waals surface area contributed by atoms with Crippen LogP contribution in [0, 0.1) is 0 Å². The summed E-state index contributed by atoms with van der Waals surface area (Å²) < 4.78 is 11.3. The Balaban J connectivity index is 1.69. The van der Waals surface area contributed by atoms with E-state index >= 15 is 0 Å². The van der Waals surface area contributed by atoms with Crippen LogP contribution in [-0.2, 0) is 0 Å². The van der Waals surface area contributed by atoms with Gasteiger partial charge in [0.25, 0.3) is 5.91 Å². The van der Waals surface area contributed by atoms with Crippen molar-refractivity contribution in [1.29, 1.82) is 0 Å². The number of carbonyl (C=O) groups is 1. The number of halogens is 1. The van der Waals surface area contributed by atoms with Gasteiger partial charge in [-0.15, -0.1) is 0 Å². The predicted molar refractivity (Wildman–Crippen MR) is 125 cm³/mol. The van der Waals surface area contributed by atoms with Crippen molar-refractivity contribution in [2.75, 3.05) is 13.7 Å². The van der Waals surface area contributed by atoms with Crippen LogP contribution in [0.3, 0.4) is 0 Å². The van der Waals surface area contributed by atoms with Gasteiger partial charge in [0, 0.05) is 5.02 Å². The first-order chi connectivity index (χ1) is 16.0. The van der Waals surface area contributed by atoms with Crippen LogP contribution in [0.4, 0.5) is 0 Å². The number of aliphatic hydroxyl groups is 1. The molecule has 5 rings (SSSR count). The lowest BCUT2D eigenvalue weighted by molar-refractivity contribution is 0.0583. The first kappa shape index (κ1) is 21.2. The highest BCUT2D eigenvalue weighted by molar-refractivity contribution is 6.31. The smallest absolute Gasteiger partial charge is 0.291 e. The summed E-state index contributed by atoms with van der Waals surface area (Å²) in [5, 5.41) is 11.6. The van der Waals surface area contributed by atoms with Crippen LogP contribution in [0.5, 0.6) is 5.75 Å². The van der Waals surface area contributed by atoms with Crippen molar-refractivity contribution in [1.82, 2.24) is 4.90 Å².